The molecule has 1 saturated heterocycles. The first kappa shape index (κ1) is 24.0. The predicted molar refractivity (Wildman–Crippen MR) is 154 cm³/mol. The molecule has 2 aromatic carbocycles. The molecule has 0 bridgehead atoms. The molecular weight excluding hydrogens is 486 g/mol. The number of aromatic nitrogens is 2. The van der Waals surface area contributed by atoms with Gasteiger partial charge in [-0.15, -0.1) is 0 Å². The van der Waals surface area contributed by atoms with Crippen LogP contribution in [0.2, 0.25) is 0 Å². The van der Waals surface area contributed by atoms with Gasteiger partial charge in [-0.2, -0.15) is 0 Å². The van der Waals surface area contributed by atoms with Crippen molar-refractivity contribution in [3.05, 3.63) is 94.8 Å². The molecule has 3 aliphatic heterocycles. The van der Waals surface area contributed by atoms with Gasteiger partial charge < -0.3 is 24.4 Å². The van der Waals surface area contributed by atoms with Crippen molar-refractivity contribution in [1.29, 1.82) is 0 Å². The van der Waals surface area contributed by atoms with E-state index in [4.69, 9.17) is 4.74 Å². The minimum absolute atomic E-state index is 0.00389. The highest BCUT2D eigenvalue weighted by atomic mass is 16.5. The van der Waals surface area contributed by atoms with E-state index in [0.29, 0.717) is 13.2 Å². The Morgan fingerprint density at radius 1 is 1.03 bits per heavy atom. The number of H-pyrrole nitrogens is 1. The van der Waals surface area contributed by atoms with Gasteiger partial charge in [0.15, 0.2) is 0 Å². The number of anilines is 1. The highest BCUT2D eigenvalue weighted by molar-refractivity contribution is 5.93. The quantitative estimate of drug-likeness (QED) is 0.404. The van der Waals surface area contributed by atoms with Gasteiger partial charge >= 0.3 is 0 Å². The van der Waals surface area contributed by atoms with Crippen LogP contribution in [0.25, 0.3) is 17.0 Å². The normalized spacial score (nSPS) is 19.4. The van der Waals surface area contributed by atoms with Crippen LogP contribution in [-0.4, -0.2) is 72.1 Å². The summed E-state index contributed by atoms with van der Waals surface area (Å²) in [5.74, 6) is 1.95. The maximum absolute atomic E-state index is 13.7. The van der Waals surface area contributed by atoms with Gasteiger partial charge in [0, 0.05) is 68.0 Å². The molecule has 7 nitrogen and oxygen atoms in total. The van der Waals surface area contributed by atoms with E-state index in [1.54, 1.807) is 6.08 Å². The van der Waals surface area contributed by atoms with Crippen molar-refractivity contribution < 1.29 is 9.53 Å². The lowest BCUT2D eigenvalue weighted by molar-refractivity contribution is -0.128. The highest BCUT2D eigenvalue weighted by Gasteiger charge is 2.34. The van der Waals surface area contributed by atoms with E-state index in [1.165, 1.54) is 16.5 Å². The van der Waals surface area contributed by atoms with E-state index in [9.17, 15) is 4.79 Å². The van der Waals surface area contributed by atoms with Crippen molar-refractivity contribution >= 4 is 28.7 Å². The summed E-state index contributed by atoms with van der Waals surface area (Å²) >= 11 is 0. The molecule has 2 aromatic heterocycles. The zero-order valence-electron chi connectivity index (χ0n) is 22.3. The second-order valence-electron chi connectivity index (χ2n) is 10.8. The van der Waals surface area contributed by atoms with Crippen LogP contribution >= 0.6 is 0 Å². The Bertz CT molecular complexity index is 1550. The van der Waals surface area contributed by atoms with Gasteiger partial charge in [-0.25, -0.2) is 4.98 Å². The lowest BCUT2D eigenvalue weighted by Crippen LogP contribution is -2.44. The van der Waals surface area contributed by atoms with Gasteiger partial charge in [0.25, 0.3) is 0 Å². The Morgan fingerprint density at radius 2 is 1.90 bits per heavy atom. The number of fused-ring (bicyclic) bond motifs is 4. The molecule has 0 spiro atoms. The molecule has 5 heterocycles. The molecular formula is C32H33N5O2. The van der Waals surface area contributed by atoms with E-state index < -0.39 is 0 Å². The largest absolute Gasteiger partial charge is 0.493 e. The van der Waals surface area contributed by atoms with Crippen molar-refractivity contribution in [3.8, 4) is 5.75 Å². The standard InChI is InChI=1S/C32H33N5O2/c1-35-15-17-36(18-16-35)29-10-6-22(21-33-29)7-11-30(38)37-14-12-26-25-4-2-3-5-27(25)34-31(26)32(37)24-8-9-28-23(20-24)13-19-39-28/h2-11,20-21,32,34H,12-19H2,1H3/b11-7+/t32-/m1/s1. The molecule has 198 valence electrons. The molecule has 3 aliphatic rings. The fourth-order valence-electron chi connectivity index (χ4n) is 6.18. The number of hydrogen-bond donors (Lipinski definition) is 1. The number of piperazine rings is 1. The molecule has 1 fully saturated rings. The van der Waals surface area contributed by atoms with Gasteiger partial charge in [0.05, 0.1) is 12.6 Å². The van der Waals surface area contributed by atoms with Crippen molar-refractivity contribution in [3.63, 3.8) is 0 Å². The average Bonchev–Trinajstić information content (AvgIpc) is 3.60. The maximum atomic E-state index is 13.7. The van der Waals surface area contributed by atoms with Gasteiger partial charge in [-0.05, 0) is 72.1 Å². The molecule has 7 heteroatoms. The first-order chi connectivity index (χ1) is 19.1. The number of hydrogen-bond acceptors (Lipinski definition) is 5. The molecule has 0 unspecified atom stereocenters. The van der Waals surface area contributed by atoms with Gasteiger partial charge in [-0.1, -0.05) is 24.3 Å². The Kier molecular flexibility index (Phi) is 6.08. The van der Waals surface area contributed by atoms with Crippen molar-refractivity contribution in [1.82, 2.24) is 19.8 Å². The second kappa shape index (κ2) is 9.89. The number of para-hydroxylation sites is 1. The first-order valence-corrected chi connectivity index (χ1v) is 13.9. The number of benzene rings is 2. The van der Waals surface area contributed by atoms with E-state index in [2.05, 4.69) is 81.4 Å². The van der Waals surface area contributed by atoms with Crippen molar-refractivity contribution in [2.24, 2.45) is 0 Å². The Balaban J connectivity index is 1.17. The number of carbonyl (C=O) groups excluding carboxylic acids is 1. The van der Waals surface area contributed by atoms with Crippen LogP contribution in [0.3, 0.4) is 0 Å². The Labute approximate surface area is 228 Å². The van der Waals surface area contributed by atoms with Gasteiger partial charge in [0.1, 0.15) is 11.6 Å². The van der Waals surface area contributed by atoms with Gasteiger partial charge in [0.2, 0.25) is 5.91 Å². The van der Waals surface area contributed by atoms with Crippen LogP contribution in [0.5, 0.6) is 5.75 Å². The van der Waals surface area contributed by atoms with Crippen molar-refractivity contribution in [2.45, 2.75) is 18.9 Å². The maximum Gasteiger partial charge on any atom is 0.247 e. The molecule has 1 N–H and O–H groups in total. The Hall–Kier alpha value is -4.10. The zero-order valence-corrected chi connectivity index (χ0v) is 22.3. The number of carbonyl (C=O) groups is 1. The fourth-order valence-corrected chi connectivity index (χ4v) is 6.18. The minimum Gasteiger partial charge on any atom is -0.493 e. The van der Waals surface area contributed by atoms with Crippen molar-refractivity contribution in [2.75, 3.05) is 51.3 Å². The number of rotatable bonds is 4. The highest BCUT2D eigenvalue weighted by Crippen LogP contribution is 2.40. The van der Waals surface area contributed by atoms with Crippen LogP contribution in [0.1, 0.15) is 34.0 Å². The number of pyridine rings is 1. The summed E-state index contributed by atoms with van der Waals surface area (Å²) in [6.07, 6.45) is 7.17. The third kappa shape index (κ3) is 4.46. The predicted octanol–water partition coefficient (Wildman–Crippen LogP) is 4.44. The van der Waals surface area contributed by atoms with Crippen LogP contribution < -0.4 is 9.64 Å². The monoisotopic (exact) mass is 519 g/mol. The first-order valence-electron chi connectivity index (χ1n) is 13.9. The lowest BCUT2D eigenvalue weighted by atomic mass is 9.91. The Morgan fingerprint density at radius 3 is 2.74 bits per heavy atom. The summed E-state index contributed by atoms with van der Waals surface area (Å²) < 4.78 is 5.76. The molecule has 1 atom stereocenters. The van der Waals surface area contributed by atoms with Gasteiger partial charge in [-0.3, -0.25) is 4.79 Å². The van der Waals surface area contributed by atoms with E-state index in [0.717, 1.165) is 72.9 Å². The molecule has 1 amide bonds. The number of amides is 1. The lowest BCUT2D eigenvalue weighted by Gasteiger charge is -2.36. The summed E-state index contributed by atoms with van der Waals surface area (Å²) in [6.45, 7) is 5.44. The van der Waals surface area contributed by atoms with E-state index in [1.807, 2.05) is 17.2 Å². The fraction of sp³-hybridized carbons (Fsp3) is 0.312. The summed E-state index contributed by atoms with van der Waals surface area (Å²) in [7, 11) is 2.15. The minimum atomic E-state index is -0.179. The molecule has 39 heavy (non-hydrogen) atoms. The smallest absolute Gasteiger partial charge is 0.247 e. The number of likely N-dealkylation sites (N-methyl/N-ethyl adjacent to an activating group) is 1. The third-order valence-corrected chi connectivity index (χ3v) is 8.36. The third-order valence-electron chi connectivity index (χ3n) is 8.36. The number of nitrogens with zero attached hydrogens (tertiary/aromatic N) is 4. The van der Waals surface area contributed by atoms with E-state index >= 15 is 0 Å². The van der Waals surface area contributed by atoms with Crippen LogP contribution in [-0.2, 0) is 17.6 Å². The van der Waals surface area contributed by atoms with E-state index in [-0.39, 0.29) is 11.9 Å². The number of ether oxygens (including phenoxy) is 1. The molecule has 0 aliphatic carbocycles. The molecule has 7 rings (SSSR count). The summed E-state index contributed by atoms with van der Waals surface area (Å²) in [6, 6.07) is 18.8. The summed E-state index contributed by atoms with van der Waals surface area (Å²) in [4.78, 5) is 28.7. The number of nitrogens with one attached hydrogen (secondary N) is 1. The topological polar surface area (TPSA) is 64.7 Å². The summed E-state index contributed by atoms with van der Waals surface area (Å²) in [5.41, 5.74) is 6.80. The van der Waals surface area contributed by atoms with Crippen LogP contribution in [0.15, 0.2) is 66.9 Å². The average molecular weight is 520 g/mol. The number of aromatic amines is 1. The van der Waals surface area contributed by atoms with Crippen LogP contribution in [0.4, 0.5) is 5.82 Å². The SMILES string of the molecule is CN1CCN(c2ccc(/C=C/C(=O)N3CCc4c([nH]c5ccccc45)[C@H]3c3ccc4c(c3)CCO4)cn2)CC1. The molecule has 4 aromatic rings. The summed E-state index contributed by atoms with van der Waals surface area (Å²) in [5, 5.41) is 1.25. The van der Waals surface area contributed by atoms with Crippen LogP contribution in [0, 0.1) is 0 Å². The molecule has 0 saturated carbocycles. The molecule has 0 radical (unpaired) electrons. The zero-order chi connectivity index (χ0) is 26.3. The second-order valence-corrected chi connectivity index (χ2v) is 10.8.